The molecule has 7 nitrogen and oxygen atoms in total. The lowest BCUT2D eigenvalue weighted by atomic mass is 9.91. The summed E-state index contributed by atoms with van der Waals surface area (Å²) in [5.41, 5.74) is 6.72. The summed E-state index contributed by atoms with van der Waals surface area (Å²) >= 11 is 0. The van der Waals surface area contributed by atoms with Crippen LogP contribution in [-0.2, 0) is 30.7 Å². The summed E-state index contributed by atoms with van der Waals surface area (Å²) in [7, 11) is -3.88. The number of nitrogens with zero attached hydrogens (tertiary/aromatic N) is 2. The molecule has 41 heavy (non-hydrogen) atoms. The molecular formula is C33H32N2O5S. The summed E-state index contributed by atoms with van der Waals surface area (Å²) in [6.07, 6.45) is 4.54. The van der Waals surface area contributed by atoms with Crippen LogP contribution in [0, 0.1) is 13.8 Å². The fourth-order valence-corrected chi connectivity index (χ4v) is 8.25. The molecule has 2 aliphatic heterocycles. The normalized spacial score (nSPS) is 23.6. The second-order valence-electron chi connectivity index (χ2n) is 11.1. The van der Waals surface area contributed by atoms with E-state index < -0.39 is 16.1 Å². The van der Waals surface area contributed by atoms with Crippen LogP contribution < -0.4 is 0 Å². The lowest BCUT2D eigenvalue weighted by Gasteiger charge is -2.38. The predicted molar refractivity (Wildman–Crippen MR) is 156 cm³/mol. The van der Waals surface area contributed by atoms with Gasteiger partial charge in [0.2, 0.25) is 0 Å². The van der Waals surface area contributed by atoms with Gasteiger partial charge in [-0.25, -0.2) is 17.2 Å². The summed E-state index contributed by atoms with van der Waals surface area (Å²) in [5.74, 6) is -0.356. The maximum Gasteiger partial charge on any atom is 0.333 e. The highest BCUT2D eigenvalue weighted by molar-refractivity contribution is 7.90. The van der Waals surface area contributed by atoms with Crippen molar-refractivity contribution in [2.75, 3.05) is 6.61 Å². The van der Waals surface area contributed by atoms with E-state index in [0.717, 1.165) is 22.9 Å². The van der Waals surface area contributed by atoms with Gasteiger partial charge in [-0.15, -0.1) is 0 Å². The first-order chi connectivity index (χ1) is 19.8. The number of ether oxygens (including phenoxy) is 2. The molecule has 0 bridgehead atoms. The minimum Gasteiger partial charge on any atom is -0.463 e. The van der Waals surface area contributed by atoms with Crippen LogP contribution in [0.5, 0.6) is 0 Å². The van der Waals surface area contributed by atoms with E-state index in [4.69, 9.17) is 9.47 Å². The third-order valence-corrected chi connectivity index (χ3v) is 10.4. The fraction of sp³-hybridized carbons (Fsp3) is 0.303. The molecule has 1 aliphatic carbocycles. The lowest BCUT2D eigenvalue weighted by Crippen LogP contribution is -2.40. The van der Waals surface area contributed by atoms with Crippen molar-refractivity contribution in [3.63, 3.8) is 0 Å². The third kappa shape index (κ3) is 4.08. The van der Waals surface area contributed by atoms with Crippen LogP contribution in [0.4, 0.5) is 0 Å². The highest BCUT2D eigenvalue weighted by atomic mass is 32.2. The Morgan fingerprint density at radius 3 is 2.56 bits per heavy atom. The van der Waals surface area contributed by atoms with Gasteiger partial charge >= 0.3 is 5.97 Å². The quantitative estimate of drug-likeness (QED) is 0.285. The second-order valence-corrected chi connectivity index (χ2v) is 13.0. The van der Waals surface area contributed by atoms with Crippen LogP contribution in [0.1, 0.15) is 53.2 Å². The molecule has 4 atom stereocenters. The zero-order valence-electron chi connectivity index (χ0n) is 23.3. The minimum atomic E-state index is -3.88. The number of fused-ring (bicyclic) bond motifs is 6. The van der Waals surface area contributed by atoms with Gasteiger partial charge in [0.25, 0.3) is 10.0 Å². The Hall–Kier alpha value is -3.72. The number of aromatic nitrogens is 1. The standard InChI is InChI=1S/C33H32N2O5S/c1-4-39-33(36)23-16-28(35-30(18-23)40-29-17-22-9-7-8-21(3)31(22)32(29)35)26-19-34(27-11-6-5-10-25(26)27)41(37,38)24-14-12-20(2)13-15-24/h5-16,19,28-30,32H,4,17-18H2,1-3H3/t28-,29-,30-,32-/m1/s1. The highest BCUT2D eigenvalue weighted by Crippen LogP contribution is 2.53. The van der Waals surface area contributed by atoms with Crippen LogP contribution in [0.3, 0.4) is 0 Å². The summed E-state index contributed by atoms with van der Waals surface area (Å²) < 4.78 is 41.4. The monoisotopic (exact) mass is 568 g/mol. The SMILES string of the molecule is CCOC(=O)C1=C[C@H](c2cn(S(=O)(=O)c3ccc(C)cc3)c3ccccc23)N2[C@@H](C1)O[C@@H]1Cc3cccc(C)c3[C@@H]12. The molecular weight excluding hydrogens is 536 g/mol. The van der Waals surface area contributed by atoms with Crippen molar-refractivity contribution in [3.8, 4) is 0 Å². The number of rotatable bonds is 5. The molecule has 210 valence electrons. The number of aryl methyl sites for hydroxylation is 2. The molecule has 3 heterocycles. The zero-order valence-corrected chi connectivity index (χ0v) is 24.1. The molecule has 0 spiro atoms. The molecule has 1 saturated heterocycles. The summed E-state index contributed by atoms with van der Waals surface area (Å²) in [6.45, 7) is 6.14. The maximum atomic E-state index is 14.0. The first-order valence-corrected chi connectivity index (χ1v) is 15.5. The maximum absolute atomic E-state index is 14.0. The van der Waals surface area contributed by atoms with Crippen molar-refractivity contribution in [2.45, 2.75) is 62.9 Å². The number of hydrogen-bond acceptors (Lipinski definition) is 6. The number of benzene rings is 3. The zero-order chi connectivity index (χ0) is 28.5. The Labute approximate surface area is 240 Å². The lowest BCUT2D eigenvalue weighted by molar-refractivity contribution is -0.139. The molecule has 7 rings (SSSR count). The molecule has 4 aromatic rings. The first kappa shape index (κ1) is 26.2. The van der Waals surface area contributed by atoms with Crippen molar-refractivity contribution in [1.82, 2.24) is 8.87 Å². The van der Waals surface area contributed by atoms with E-state index >= 15 is 0 Å². The molecule has 8 heteroatoms. The van der Waals surface area contributed by atoms with E-state index in [2.05, 4.69) is 30.0 Å². The Morgan fingerprint density at radius 1 is 1.00 bits per heavy atom. The fourth-order valence-electron chi connectivity index (χ4n) is 6.87. The smallest absolute Gasteiger partial charge is 0.333 e. The van der Waals surface area contributed by atoms with Crippen molar-refractivity contribution in [1.29, 1.82) is 0 Å². The Morgan fingerprint density at radius 2 is 1.78 bits per heavy atom. The van der Waals surface area contributed by atoms with Crippen LogP contribution in [-0.4, -0.2) is 42.2 Å². The molecule has 0 unspecified atom stereocenters. The van der Waals surface area contributed by atoms with Crippen molar-refractivity contribution in [2.24, 2.45) is 0 Å². The molecule has 3 aromatic carbocycles. The van der Waals surface area contributed by atoms with E-state index in [9.17, 15) is 13.2 Å². The van der Waals surface area contributed by atoms with Crippen molar-refractivity contribution >= 4 is 26.9 Å². The van der Waals surface area contributed by atoms with E-state index in [1.54, 1.807) is 37.4 Å². The molecule has 1 fully saturated rings. The van der Waals surface area contributed by atoms with Crippen LogP contribution >= 0.6 is 0 Å². The number of carbonyl (C=O) groups is 1. The van der Waals surface area contributed by atoms with E-state index in [0.29, 0.717) is 17.5 Å². The number of carbonyl (C=O) groups excluding carboxylic acids is 1. The second kappa shape index (κ2) is 9.69. The summed E-state index contributed by atoms with van der Waals surface area (Å²) in [4.78, 5) is 15.6. The summed E-state index contributed by atoms with van der Waals surface area (Å²) in [5, 5.41) is 0.819. The van der Waals surface area contributed by atoms with Gasteiger partial charge in [-0.05, 0) is 55.7 Å². The van der Waals surface area contributed by atoms with Crippen LogP contribution in [0.25, 0.3) is 10.9 Å². The van der Waals surface area contributed by atoms with Gasteiger partial charge in [0.15, 0.2) is 0 Å². The van der Waals surface area contributed by atoms with Gasteiger partial charge in [0.05, 0.1) is 35.2 Å². The van der Waals surface area contributed by atoms with Crippen LogP contribution in [0.15, 0.2) is 89.5 Å². The highest BCUT2D eigenvalue weighted by Gasteiger charge is 2.53. The molecule has 1 aromatic heterocycles. The average molecular weight is 569 g/mol. The van der Waals surface area contributed by atoms with Gasteiger partial charge in [0, 0.05) is 35.6 Å². The summed E-state index contributed by atoms with van der Waals surface area (Å²) in [6, 6.07) is 20.4. The van der Waals surface area contributed by atoms with Gasteiger partial charge < -0.3 is 9.47 Å². The van der Waals surface area contributed by atoms with Crippen LogP contribution in [0.2, 0.25) is 0 Å². The number of esters is 1. The number of para-hydroxylation sites is 1. The third-order valence-electron chi connectivity index (χ3n) is 8.69. The molecule has 0 N–H and O–H groups in total. The van der Waals surface area contributed by atoms with Gasteiger partial charge in [-0.3, -0.25) is 4.90 Å². The average Bonchev–Trinajstić information content (AvgIpc) is 3.63. The molecule has 0 saturated carbocycles. The largest absolute Gasteiger partial charge is 0.463 e. The van der Waals surface area contributed by atoms with Gasteiger partial charge in [-0.2, -0.15) is 0 Å². The van der Waals surface area contributed by atoms with Crippen molar-refractivity contribution in [3.05, 3.63) is 112 Å². The topological polar surface area (TPSA) is 77.8 Å². The number of hydrogen-bond donors (Lipinski definition) is 0. The molecule has 3 aliphatic rings. The Balaban J connectivity index is 1.42. The molecule has 0 radical (unpaired) electrons. The van der Waals surface area contributed by atoms with Crippen molar-refractivity contribution < 1.29 is 22.7 Å². The minimum absolute atomic E-state index is 0.00277. The van der Waals surface area contributed by atoms with E-state index in [1.165, 1.54) is 20.7 Å². The van der Waals surface area contributed by atoms with Gasteiger partial charge in [-0.1, -0.05) is 60.2 Å². The Bertz CT molecular complexity index is 1820. The van der Waals surface area contributed by atoms with E-state index in [-0.39, 0.29) is 35.8 Å². The van der Waals surface area contributed by atoms with Gasteiger partial charge in [0.1, 0.15) is 6.23 Å². The molecule has 0 amide bonds. The first-order valence-electron chi connectivity index (χ1n) is 14.1. The van der Waals surface area contributed by atoms with E-state index in [1.807, 2.05) is 37.3 Å². The predicted octanol–water partition coefficient (Wildman–Crippen LogP) is 5.75. The Kier molecular flexibility index (Phi) is 6.19.